The van der Waals surface area contributed by atoms with Crippen LogP contribution in [0.3, 0.4) is 0 Å². The van der Waals surface area contributed by atoms with E-state index in [4.69, 9.17) is 0 Å². The van der Waals surface area contributed by atoms with Gasteiger partial charge in [-0.3, -0.25) is 9.78 Å². The van der Waals surface area contributed by atoms with E-state index in [1.165, 1.54) is 6.20 Å². The standard InChI is InChI=1S/C12H12N2O2/c1-7-4-3-5-9(8(7)2)10-6-13-12(16)14-11(10)15/h3-6H,1-2H3,(H2,13,14,15,16). The van der Waals surface area contributed by atoms with Crippen LogP contribution in [0.1, 0.15) is 11.1 Å². The minimum absolute atomic E-state index is 0.363. The van der Waals surface area contributed by atoms with Crippen LogP contribution >= 0.6 is 0 Å². The third kappa shape index (κ3) is 1.69. The summed E-state index contributed by atoms with van der Waals surface area (Å²) in [6.45, 7) is 3.94. The normalized spacial score (nSPS) is 10.4. The van der Waals surface area contributed by atoms with Gasteiger partial charge in [-0.15, -0.1) is 0 Å². The lowest BCUT2D eigenvalue weighted by Gasteiger charge is -2.06. The van der Waals surface area contributed by atoms with Crippen molar-refractivity contribution in [2.75, 3.05) is 0 Å². The number of benzene rings is 1. The first kappa shape index (κ1) is 10.4. The summed E-state index contributed by atoms with van der Waals surface area (Å²) in [5.74, 6) is 0. The molecule has 0 aliphatic carbocycles. The fourth-order valence-electron chi connectivity index (χ4n) is 1.65. The van der Waals surface area contributed by atoms with Gasteiger partial charge in [0.2, 0.25) is 0 Å². The largest absolute Gasteiger partial charge is 0.325 e. The number of H-pyrrole nitrogens is 2. The predicted octanol–water partition coefficient (Wildman–Crippen LogP) is 1.35. The monoisotopic (exact) mass is 216 g/mol. The van der Waals surface area contributed by atoms with Crippen LogP contribution in [0.2, 0.25) is 0 Å². The summed E-state index contributed by atoms with van der Waals surface area (Å²) in [5, 5.41) is 0. The third-order valence-corrected chi connectivity index (χ3v) is 2.71. The van der Waals surface area contributed by atoms with Crippen LogP contribution in [0, 0.1) is 13.8 Å². The van der Waals surface area contributed by atoms with Crippen molar-refractivity contribution in [1.82, 2.24) is 9.97 Å². The lowest BCUT2D eigenvalue weighted by Crippen LogP contribution is -2.22. The number of rotatable bonds is 1. The van der Waals surface area contributed by atoms with Gasteiger partial charge in [-0.25, -0.2) is 4.79 Å². The summed E-state index contributed by atoms with van der Waals surface area (Å²) in [6, 6.07) is 5.74. The molecule has 0 amide bonds. The zero-order valence-electron chi connectivity index (χ0n) is 9.13. The highest BCUT2D eigenvalue weighted by atomic mass is 16.2. The Labute approximate surface area is 92.0 Å². The Kier molecular flexibility index (Phi) is 2.48. The molecule has 0 spiro atoms. The van der Waals surface area contributed by atoms with Gasteiger partial charge in [-0.1, -0.05) is 18.2 Å². The van der Waals surface area contributed by atoms with E-state index < -0.39 is 5.69 Å². The minimum Gasteiger partial charge on any atom is -0.313 e. The number of hydrogen-bond donors (Lipinski definition) is 2. The van der Waals surface area contributed by atoms with Gasteiger partial charge in [0.25, 0.3) is 5.56 Å². The van der Waals surface area contributed by atoms with E-state index in [0.717, 1.165) is 16.7 Å². The molecule has 0 saturated carbocycles. The van der Waals surface area contributed by atoms with E-state index in [1.807, 2.05) is 32.0 Å². The van der Waals surface area contributed by atoms with Crippen molar-refractivity contribution in [3.63, 3.8) is 0 Å². The Hall–Kier alpha value is -2.10. The summed E-state index contributed by atoms with van der Waals surface area (Å²) >= 11 is 0. The smallest absolute Gasteiger partial charge is 0.313 e. The molecule has 0 bridgehead atoms. The number of nitrogens with one attached hydrogen (secondary N) is 2. The van der Waals surface area contributed by atoms with E-state index in [9.17, 15) is 9.59 Å². The predicted molar refractivity (Wildman–Crippen MR) is 62.6 cm³/mol. The average molecular weight is 216 g/mol. The van der Waals surface area contributed by atoms with Gasteiger partial charge in [-0.2, -0.15) is 0 Å². The van der Waals surface area contributed by atoms with Crippen LogP contribution < -0.4 is 11.2 Å². The van der Waals surface area contributed by atoms with Gasteiger partial charge < -0.3 is 4.98 Å². The Balaban J connectivity index is 2.73. The number of hydrogen-bond acceptors (Lipinski definition) is 2. The molecule has 0 aliphatic heterocycles. The first-order chi connectivity index (χ1) is 7.59. The third-order valence-electron chi connectivity index (χ3n) is 2.71. The number of aromatic nitrogens is 2. The summed E-state index contributed by atoms with van der Waals surface area (Å²) < 4.78 is 0. The van der Waals surface area contributed by atoms with Gasteiger partial charge in [0.15, 0.2) is 0 Å². The van der Waals surface area contributed by atoms with Crippen molar-refractivity contribution >= 4 is 0 Å². The molecule has 2 N–H and O–H groups in total. The molecule has 16 heavy (non-hydrogen) atoms. The quantitative estimate of drug-likeness (QED) is 0.755. The fraction of sp³-hybridized carbons (Fsp3) is 0.167. The van der Waals surface area contributed by atoms with E-state index >= 15 is 0 Å². The summed E-state index contributed by atoms with van der Waals surface area (Å²) in [4.78, 5) is 27.2. The molecule has 0 radical (unpaired) electrons. The average Bonchev–Trinajstić information content (AvgIpc) is 2.23. The molecule has 0 atom stereocenters. The Morgan fingerprint density at radius 2 is 1.81 bits per heavy atom. The van der Waals surface area contributed by atoms with Gasteiger partial charge in [0.05, 0.1) is 5.56 Å². The highest BCUT2D eigenvalue weighted by molar-refractivity contribution is 5.66. The molecular formula is C12H12N2O2. The molecule has 0 fully saturated rings. The molecule has 82 valence electrons. The van der Waals surface area contributed by atoms with Gasteiger partial charge in [-0.05, 0) is 30.5 Å². The summed E-state index contributed by atoms with van der Waals surface area (Å²) in [7, 11) is 0. The van der Waals surface area contributed by atoms with Crippen LogP contribution in [0.25, 0.3) is 11.1 Å². The zero-order valence-corrected chi connectivity index (χ0v) is 9.13. The van der Waals surface area contributed by atoms with Crippen molar-refractivity contribution < 1.29 is 0 Å². The molecule has 0 unspecified atom stereocenters. The Morgan fingerprint density at radius 1 is 1.06 bits per heavy atom. The first-order valence-electron chi connectivity index (χ1n) is 4.98. The maximum atomic E-state index is 11.6. The highest BCUT2D eigenvalue weighted by Gasteiger charge is 2.07. The second-order valence-corrected chi connectivity index (χ2v) is 3.73. The molecule has 1 aromatic heterocycles. The topological polar surface area (TPSA) is 65.7 Å². The summed E-state index contributed by atoms with van der Waals surface area (Å²) in [6.07, 6.45) is 1.45. The second-order valence-electron chi connectivity index (χ2n) is 3.73. The minimum atomic E-state index is -0.487. The van der Waals surface area contributed by atoms with Crippen LogP contribution in [0.15, 0.2) is 34.0 Å². The molecule has 1 heterocycles. The second kappa shape index (κ2) is 3.81. The summed E-state index contributed by atoms with van der Waals surface area (Å²) in [5.41, 5.74) is 2.64. The highest BCUT2D eigenvalue weighted by Crippen LogP contribution is 2.21. The van der Waals surface area contributed by atoms with Crippen LogP contribution in [-0.4, -0.2) is 9.97 Å². The van der Waals surface area contributed by atoms with Crippen LogP contribution in [0.4, 0.5) is 0 Å². The van der Waals surface area contributed by atoms with Crippen molar-refractivity contribution in [3.05, 3.63) is 56.4 Å². The first-order valence-corrected chi connectivity index (χ1v) is 4.98. The van der Waals surface area contributed by atoms with Gasteiger partial charge in [0, 0.05) is 6.20 Å². The molecule has 4 nitrogen and oxygen atoms in total. The Morgan fingerprint density at radius 3 is 2.50 bits per heavy atom. The van der Waals surface area contributed by atoms with E-state index in [1.54, 1.807) is 0 Å². The van der Waals surface area contributed by atoms with Crippen LogP contribution in [-0.2, 0) is 0 Å². The number of aromatic amines is 2. The van der Waals surface area contributed by atoms with E-state index in [0.29, 0.717) is 5.56 Å². The van der Waals surface area contributed by atoms with Crippen molar-refractivity contribution in [2.45, 2.75) is 13.8 Å². The van der Waals surface area contributed by atoms with Gasteiger partial charge >= 0.3 is 5.69 Å². The maximum Gasteiger partial charge on any atom is 0.325 e. The maximum absolute atomic E-state index is 11.6. The molecule has 1 aromatic carbocycles. The Bertz CT molecular complexity index is 638. The fourth-order valence-corrected chi connectivity index (χ4v) is 1.65. The van der Waals surface area contributed by atoms with Crippen LogP contribution in [0.5, 0.6) is 0 Å². The van der Waals surface area contributed by atoms with E-state index in [-0.39, 0.29) is 5.56 Å². The molecule has 2 aromatic rings. The molecule has 4 heteroatoms. The molecule has 2 rings (SSSR count). The van der Waals surface area contributed by atoms with Crippen molar-refractivity contribution in [2.24, 2.45) is 0 Å². The zero-order chi connectivity index (χ0) is 11.7. The molecular weight excluding hydrogens is 204 g/mol. The van der Waals surface area contributed by atoms with Crippen molar-refractivity contribution in [1.29, 1.82) is 0 Å². The number of aryl methyl sites for hydroxylation is 1. The van der Waals surface area contributed by atoms with E-state index in [2.05, 4.69) is 9.97 Å². The van der Waals surface area contributed by atoms with Crippen molar-refractivity contribution in [3.8, 4) is 11.1 Å². The lowest BCUT2D eigenvalue weighted by atomic mass is 9.99. The molecule has 0 saturated heterocycles. The SMILES string of the molecule is Cc1cccc(-c2c[nH]c(=O)[nH]c2=O)c1C. The molecule has 0 aliphatic rings. The van der Waals surface area contributed by atoms with Gasteiger partial charge in [0.1, 0.15) is 0 Å². The lowest BCUT2D eigenvalue weighted by molar-refractivity contribution is 1.04.